The second-order valence-electron chi connectivity index (χ2n) is 4.16. The summed E-state index contributed by atoms with van der Waals surface area (Å²) >= 11 is 0. The molecule has 2 aromatic rings. The molecule has 0 aliphatic carbocycles. The van der Waals surface area contributed by atoms with Gasteiger partial charge in [0.15, 0.2) is 0 Å². The number of benzene rings is 1. The van der Waals surface area contributed by atoms with Gasteiger partial charge in [-0.25, -0.2) is 4.98 Å². The van der Waals surface area contributed by atoms with Gasteiger partial charge in [0.05, 0.1) is 20.8 Å². The third-order valence-corrected chi connectivity index (χ3v) is 2.78. The molecule has 19 heavy (non-hydrogen) atoms. The molecule has 0 atom stereocenters. The fourth-order valence-corrected chi connectivity index (χ4v) is 1.81. The molecule has 1 aromatic heterocycles. The number of hydrogen-bond donors (Lipinski definition) is 0. The Kier molecular flexibility index (Phi) is 3.85. The highest BCUT2D eigenvalue weighted by Gasteiger charge is 2.08. The number of nitrogens with zero attached hydrogens (tertiary/aromatic N) is 2. The molecule has 2 rings (SSSR count). The monoisotopic (exact) mass is 260 g/mol. The van der Waals surface area contributed by atoms with Crippen LogP contribution in [0, 0.1) is 6.92 Å². The Hall–Kier alpha value is -2.30. The van der Waals surface area contributed by atoms with Crippen LogP contribution in [0.15, 0.2) is 35.1 Å². The molecule has 0 saturated carbocycles. The van der Waals surface area contributed by atoms with Gasteiger partial charge in [-0.3, -0.25) is 9.36 Å². The lowest BCUT2D eigenvalue weighted by Gasteiger charge is -2.11. The molecular formula is C14H16N2O3. The predicted molar refractivity (Wildman–Crippen MR) is 71.9 cm³/mol. The number of methoxy groups -OCH3 is 2. The summed E-state index contributed by atoms with van der Waals surface area (Å²) in [6.45, 7) is 2.18. The molecule has 0 aliphatic heterocycles. The summed E-state index contributed by atoms with van der Waals surface area (Å²) in [5, 5.41) is 0. The maximum absolute atomic E-state index is 12.0. The summed E-state index contributed by atoms with van der Waals surface area (Å²) in [5.41, 5.74) is 1.50. The summed E-state index contributed by atoms with van der Waals surface area (Å²) in [5.74, 6) is 0.782. The van der Waals surface area contributed by atoms with E-state index < -0.39 is 0 Å². The standard InChI is InChI=1S/C14H16N2O3/c1-10-8-13(17)16(14(15-10)19-3)9-11-4-6-12(18-2)7-5-11/h4-8H,9H2,1-3H3. The Bertz CT molecular complexity index is 618. The van der Waals surface area contributed by atoms with Crippen LogP contribution in [-0.4, -0.2) is 23.8 Å². The lowest BCUT2D eigenvalue weighted by molar-refractivity contribution is 0.350. The molecule has 0 unspecified atom stereocenters. The first-order valence-electron chi connectivity index (χ1n) is 5.89. The van der Waals surface area contributed by atoms with Gasteiger partial charge in [-0.05, 0) is 24.6 Å². The zero-order chi connectivity index (χ0) is 13.8. The van der Waals surface area contributed by atoms with Crippen molar-refractivity contribution < 1.29 is 9.47 Å². The number of aromatic nitrogens is 2. The van der Waals surface area contributed by atoms with Crippen molar-refractivity contribution >= 4 is 0 Å². The minimum Gasteiger partial charge on any atom is -0.497 e. The molecule has 1 aromatic carbocycles. The number of hydrogen-bond acceptors (Lipinski definition) is 4. The van der Waals surface area contributed by atoms with Crippen LogP contribution in [0.5, 0.6) is 11.8 Å². The van der Waals surface area contributed by atoms with E-state index >= 15 is 0 Å². The van der Waals surface area contributed by atoms with E-state index in [1.807, 2.05) is 24.3 Å². The van der Waals surface area contributed by atoms with E-state index in [9.17, 15) is 4.79 Å². The van der Waals surface area contributed by atoms with Crippen molar-refractivity contribution in [2.75, 3.05) is 14.2 Å². The molecule has 0 N–H and O–H groups in total. The van der Waals surface area contributed by atoms with E-state index in [0.29, 0.717) is 18.2 Å². The average Bonchev–Trinajstić information content (AvgIpc) is 2.42. The molecule has 5 heteroatoms. The van der Waals surface area contributed by atoms with Gasteiger partial charge >= 0.3 is 0 Å². The van der Waals surface area contributed by atoms with Crippen LogP contribution in [-0.2, 0) is 6.54 Å². The van der Waals surface area contributed by atoms with E-state index in [-0.39, 0.29) is 5.56 Å². The molecule has 0 amide bonds. The highest BCUT2D eigenvalue weighted by molar-refractivity contribution is 5.27. The summed E-state index contributed by atoms with van der Waals surface area (Å²) in [6, 6.07) is 9.34. The smallest absolute Gasteiger partial charge is 0.299 e. The maximum Gasteiger partial charge on any atom is 0.299 e. The van der Waals surface area contributed by atoms with Crippen molar-refractivity contribution in [2.24, 2.45) is 0 Å². The quantitative estimate of drug-likeness (QED) is 0.838. The van der Waals surface area contributed by atoms with Gasteiger partial charge in [-0.1, -0.05) is 12.1 Å². The fourth-order valence-electron chi connectivity index (χ4n) is 1.81. The molecule has 0 spiro atoms. The third-order valence-electron chi connectivity index (χ3n) is 2.78. The van der Waals surface area contributed by atoms with Crippen LogP contribution in [0.25, 0.3) is 0 Å². The van der Waals surface area contributed by atoms with Crippen molar-refractivity contribution in [1.29, 1.82) is 0 Å². The molecule has 0 fully saturated rings. The van der Waals surface area contributed by atoms with E-state index in [0.717, 1.165) is 11.3 Å². The predicted octanol–water partition coefficient (Wildman–Crippen LogP) is 1.62. The second-order valence-corrected chi connectivity index (χ2v) is 4.16. The highest BCUT2D eigenvalue weighted by atomic mass is 16.5. The average molecular weight is 260 g/mol. The third kappa shape index (κ3) is 2.93. The fraction of sp³-hybridized carbons (Fsp3) is 0.286. The first-order valence-corrected chi connectivity index (χ1v) is 5.89. The van der Waals surface area contributed by atoms with Crippen LogP contribution in [0.3, 0.4) is 0 Å². The first-order chi connectivity index (χ1) is 9.13. The minimum absolute atomic E-state index is 0.125. The van der Waals surface area contributed by atoms with Crippen LogP contribution < -0.4 is 15.0 Å². The Morgan fingerprint density at radius 3 is 2.42 bits per heavy atom. The Morgan fingerprint density at radius 2 is 1.84 bits per heavy atom. The van der Waals surface area contributed by atoms with Crippen LogP contribution in [0.1, 0.15) is 11.3 Å². The van der Waals surface area contributed by atoms with Gasteiger partial charge in [-0.15, -0.1) is 0 Å². The van der Waals surface area contributed by atoms with Crippen molar-refractivity contribution in [1.82, 2.24) is 9.55 Å². The van der Waals surface area contributed by atoms with Gasteiger partial charge < -0.3 is 9.47 Å². The summed E-state index contributed by atoms with van der Waals surface area (Å²) < 4.78 is 11.7. The van der Waals surface area contributed by atoms with Gasteiger partial charge in [0.1, 0.15) is 5.75 Å². The van der Waals surface area contributed by atoms with Crippen LogP contribution >= 0.6 is 0 Å². The zero-order valence-electron chi connectivity index (χ0n) is 11.2. The molecule has 0 aliphatic rings. The zero-order valence-corrected chi connectivity index (χ0v) is 11.2. The van der Waals surface area contributed by atoms with E-state index in [4.69, 9.17) is 9.47 Å². The second kappa shape index (κ2) is 5.56. The number of ether oxygens (including phenoxy) is 2. The van der Waals surface area contributed by atoms with Crippen molar-refractivity contribution in [2.45, 2.75) is 13.5 Å². The van der Waals surface area contributed by atoms with E-state index in [1.165, 1.54) is 17.7 Å². The molecule has 1 heterocycles. The van der Waals surface area contributed by atoms with Crippen LogP contribution in [0.4, 0.5) is 0 Å². The van der Waals surface area contributed by atoms with E-state index in [1.54, 1.807) is 14.0 Å². The lowest BCUT2D eigenvalue weighted by atomic mass is 10.2. The molecule has 5 nitrogen and oxygen atoms in total. The largest absolute Gasteiger partial charge is 0.497 e. The topological polar surface area (TPSA) is 53.4 Å². The maximum atomic E-state index is 12.0. The van der Waals surface area contributed by atoms with Crippen molar-refractivity contribution in [3.8, 4) is 11.8 Å². The SMILES string of the molecule is COc1ccc(Cn2c(OC)nc(C)cc2=O)cc1. The van der Waals surface area contributed by atoms with Gasteiger partial charge in [0.25, 0.3) is 11.6 Å². The first kappa shape index (κ1) is 13.1. The van der Waals surface area contributed by atoms with Gasteiger partial charge in [0, 0.05) is 11.8 Å². The highest BCUT2D eigenvalue weighted by Crippen LogP contribution is 2.13. The molecular weight excluding hydrogens is 244 g/mol. The molecule has 100 valence electrons. The minimum atomic E-state index is -0.125. The molecule has 0 bridgehead atoms. The van der Waals surface area contributed by atoms with Crippen molar-refractivity contribution in [3.63, 3.8) is 0 Å². The normalized spacial score (nSPS) is 10.3. The molecule has 0 radical (unpaired) electrons. The summed E-state index contributed by atoms with van der Waals surface area (Å²) in [4.78, 5) is 16.2. The van der Waals surface area contributed by atoms with Crippen molar-refractivity contribution in [3.05, 3.63) is 51.9 Å². The van der Waals surface area contributed by atoms with Gasteiger partial charge in [-0.2, -0.15) is 0 Å². The Balaban J connectivity index is 2.34. The summed E-state index contributed by atoms with van der Waals surface area (Å²) in [7, 11) is 3.12. The summed E-state index contributed by atoms with van der Waals surface area (Å²) in [6.07, 6.45) is 0. The van der Waals surface area contributed by atoms with E-state index in [2.05, 4.69) is 4.98 Å². The Labute approximate surface area is 111 Å². The Morgan fingerprint density at radius 1 is 1.16 bits per heavy atom. The van der Waals surface area contributed by atoms with Crippen LogP contribution in [0.2, 0.25) is 0 Å². The van der Waals surface area contributed by atoms with Gasteiger partial charge in [0.2, 0.25) is 0 Å². The molecule has 0 saturated heterocycles. The number of rotatable bonds is 4. The lowest BCUT2D eigenvalue weighted by Crippen LogP contribution is -2.23. The number of aryl methyl sites for hydroxylation is 1.